The Morgan fingerprint density at radius 2 is 1.95 bits per heavy atom. The second-order valence-corrected chi connectivity index (χ2v) is 4.07. The van der Waals surface area contributed by atoms with Gasteiger partial charge < -0.3 is 10.3 Å². The normalized spacial score (nSPS) is 10.3. The van der Waals surface area contributed by atoms with Crippen molar-refractivity contribution in [3.63, 3.8) is 0 Å². The highest BCUT2D eigenvalue weighted by molar-refractivity contribution is 6.02. The minimum Gasteiger partial charge on any atom is -0.357 e. The number of nitrogens with one attached hydrogen (secondary N) is 3. The van der Waals surface area contributed by atoms with Gasteiger partial charge in [-0.15, -0.1) is 0 Å². The highest BCUT2D eigenvalue weighted by Crippen LogP contribution is 2.19. The predicted octanol–water partition coefficient (Wildman–Crippen LogP) is 2.66. The fourth-order valence-corrected chi connectivity index (χ4v) is 1.81. The number of H-pyrrole nitrogens is 2. The molecule has 0 aliphatic carbocycles. The Labute approximate surface area is 109 Å². The second-order valence-electron chi connectivity index (χ2n) is 4.07. The van der Waals surface area contributed by atoms with Gasteiger partial charge >= 0.3 is 0 Å². The zero-order chi connectivity index (χ0) is 13.1. The van der Waals surface area contributed by atoms with Gasteiger partial charge in [-0.25, -0.2) is 0 Å². The standard InChI is InChI=1S/C14H12N4O/c19-14(11-7-4-8-15-11)16-13-9-12(17-18-13)10-5-2-1-3-6-10/h1-9,15H,(H2,16,17,18,19). The number of amides is 1. The molecule has 1 aromatic carbocycles. The van der Waals surface area contributed by atoms with Crippen molar-refractivity contribution >= 4 is 11.7 Å². The van der Waals surface area contributed by atoms with Crippen LogP contribution in [0.25, 0.3) is 11.3 Å². The van der Waals surface area contributed by atoms with Crippen LogP contribution in [0.5, 0.6) is 0 Å². The Balaban J connectivity index is 1.77. The Kier molecular flexibility index (Phi) is 2.86. The number of rotatable bonds is 3. The smallest absolute Gasteiger partial charge is 0.273 e. The molecule has 0 aliphatic heterocycles. The molecule has 0 spiro atoms. The summed E-state index contributed by atoms with van der Waals surface area (Å²) in [5.41, 5.74) is 2.39. The Hall–Kier alpha value is -2.82. The molecule has 94 valence electrons. The number of hydrogen-bond acceptors (Lipinski definition) is 2. The lowest BCUT2D eigenvalue weighted by Crippen LogP contribution is -2.12. The van der Waals surface area contributed by atoms with Crippen molar-refractivity contribution in [3.05, 3.63) is 60.4 Å². The highest BCUT2D eigenvalue weighted by atomic mass is 16.1. The molecule has 5 heteroatoms. The molecule has 0 unspecified atom stereocenters. The molecule has 0 aliphatic rings. The lowest BCUT2D eigenvalue weighted by Gasteiger charge is -1.98. The van der Waals surface area contributed by atoms with Gasteiger partial charge in [0.1, 0.15) is 5.69 Å². The van der Waals surface area contributed by atoms with Crippen LogP contribution in [0.2, 0.25) is 0 Å². The number of aromatic amines is 2. The third-order valence-corrected chi connectivity index (χ3v) is 2.75. The summed E-state index contributed by atoms with van der Waals surface area (Å²) in [6.07, 6.45) is 1.70. The summed E-state index contributed by atoms with van der Waals surface area (Å²) in [6, 6.07) is 15.1. The minimum absolute atomic E-state index is 0.212. The van der Waals surface area contributed by atoms with Crippen LogP contribution in [-0.4, -0.2) is 21.1 Å². The van der Waals surface area contributed by atoms with Gasteiger partial charge in [0, 0.05) is 12.3 Å². The fraction of sp³-hybridized carbons (Fsp3) is 0. The number of anilines is 1. The van der Waals surface area contributed by atoms with E-state index in [1.807, 2.05) is 30.3 Å². The molecule has 0 atom stereocenters. The van der Waals surface area contributed by atoms with Crippen molar-refractivity contribution in [1.82, 2.24) is 15.2 Å². The first-order valence-corrected chi connectivity index (χ1v) is 5.88. The molecule has 0 saturated heterocycles. The molecule has 3 N–H and O–H groups in total. The minimum atomic E-state index is -0.212. The Morgan fingerprint density at radius 3 is 2.68 bits per heavy atom. The van der Waals surface area contributed by atoms with Crippen molar-refractivity contribution < 1.29 is 4.79 Å². The first-order chi connectivity index (χ1) is 9.33. The molecule has 3 rings (SSSR count). The van der Waals surface area contributed by atoms with Gasteiger partial charge in [-0.3, -0.25) is 9.89 Å². The highest BCUT2D eigenvalue weighted by Gasteiger charge is 2.09. The molecule has 2 aromatic heterocycles. The van der Waals surface area contributed by atoms with Crippen LogP contribution >= 0.6 is 0 Å². The summed E-state index contributed by atoms with van der Waals surface area (Å²) in [7, 11) is 0. The SMILES string of the molecule is O=C(Nc1cc(-c2ccccc2)[nH]n1)c1ccc[nH]1. The molecule has 5 nitrogen and oxygen atoms in total. The van der Waals surface area contributed by atoms with Gasteiger partial charge in [0.25, 0.3) is 5.91 Å². The van der Waals surface area contributed by atoms with Gasteiger partial charge in [-0.05, 0) is 17.7 Å². The third-order valence-electron chi connectivity index (χ3n) is 2.75. The van der Waals surface area contributed by atoms with E-state index >= 15 is 0 Å². The zero-order valence-corrected chi connectivity index (χ0v) is 10.1. The monoisotopic (exact) mass is 252 g/mol. The summed E-state index contributed by atoms with van der Waals surface area (Å²) in [5.74, 6) is 0.287. The van der Waals surface area contributed by atoms with E-state index in [-0.39, 0.29) is 5.91 Å². The zero-order valence-electron chi connectivity index (χ0n) is 10.1. The van der Waals surface area contributed by atoms with Crippen LogP contribution in [-0.2, 0) is 0 Å². The number of carbonyl (C=O) groups is 1. The average molecular weight is 252 g/mol. The lowest BCUT2D eigenvalue weighted by molar-refractivity contribution is 0.102. The molecule has 0 radical (unpaired) electrons. The quantitative estimate of drug-likeness (QED) is 0.670. The summed E-state index contributed by atoms with van der Waals surface area (Å²) < 4.78 is 0. The largest absolute Gasteiger partial charge is 0.357 e. The van der Waals surface area contributed by atoms with Crippen molar-refractivity contribution in [2.45, 2.75) is 0 Å². The predicted molar refractivity (Wildman–Crippen MR) is 72.8 cm³/mol. The molecule has 3 aromatic rings. The van der Waals surface area contributed by atoms with E-state index in [0.29, 0.717) is 11.5 Å². The van der Waals surface area contributed by atoms with E-state index in [4.69, 9.17) is 0 Å². The number of carbonyl (C=O) groups excluding carboxylic acids is 1. The van der Waals surface area contributed by atoms with E-state index < -0.39 is 0 Å². The average Bonchev–Trinajstić information content (AvgIpc) is 3.11. The topological polar surface area (TPSA) is 73.6 Å². The van der Waals surface area contributed by atoms with Crippen LogP contribution in [0.1, 0.15) is 10.5 Å². The lowest BCUT2D eigenvalue weighted by atomic mass is 10.1. The molecule has 2 heterocycles. The van der Waals surface area contributed by atoms with Crippen LogP contribution in [0.3, 0.4) is 0 Å². The third kappa shape index (κ3) is 2.40. The number of hydrogen-bond donors (Lipinski definition) is 3. The van der Waals surface area contributed by atoms with E-state index in [1.54, 1.807) is 24.4 Å². The molecule has 19 heavy (non-hydrogen) atoms. The maximum Gasteiger partial charge on any atom is 0.273 e. The molecular formula is C14H12N4O. The van der Waals surface area contributed by atoms with Crippen LogP contribution < -0.4 is 5.32 Å². The number of benzene rings is 1. The summed E-state index contributed by atoms with van der Waals surface area (Å²) >= 11 is 0. The van der Waals surface area contributed by atoms with E-state index in [2.05, 4.69) is 20.5 Å². The molecule has 1 amide bonds. The van der Waals surface area contributed by atoms with E-state index in [0.717, 1.165) is 11.3 Å². The molecule has 0 fully saturated rings. The van der Waals surface area contributed by atoms with Crippen molar-refractivity contribution in [1.29, 1.82) is 0 Å². The molecule has 0 bridgehead atoms. The first-order valence-electron chi connectivity index (χ1n) is 5.88. The van der Waals surface area contributed by atoms with Crippen LogP contribution in [0.15, 0.2) is 54.7 Å². The van der Waals surface area contributed by atoms with Crippen LogP contribution in [0.4, 0.5) is 5.82 Å². The summed E-state index contributed by atoms with van der Waals surface area (Å²) in [6.45, 7) is 0. The van der Waals surface area contributed by atoms with Crippen molar-refractivity contribution in [2.24, 2.45) is 0 Å². The van der Waals surface area contributed by atoms with Gasteiger partial charge in [-0.1, -0.05) is 30.3 Å². The van der Waals surface area contributed by atoms with E-state index in [9.17, 15) is 4.79 Å². The molecule has 0 saturated carbocycles. The van der Waals surface area contributed by atoms with Gasteiger partial charge in [0.2, 0.25) is 0 Å². The van der Waals surface area contributed by atoms with Gasteiger partial charge in [-0.2, -0.15) is 5.10 Å². The van der Waals surface area contributed by atoms with Crippen LogP contribution in [0, 0.1) is 0 Å². The van der Waals surface area contributed by atoms with Gasteiger partial charge in [0.05, 0.1) is 5.69 Å². The number of nitrogens with zero attached hydrogens (tertiary/aromatic N) is 1. The Bertz CT molecular complexity index is 671. The second kappa shape index (κ2) is 4.81. The van der Waals surface area contributed by atoms with E-state index in [1.165, 1.54) is 0 Å². The van der Waals surface area contributed by atoms with Crippen molar-refractivity contribution in [2.75, 3.05) is 5.32 Å². The van der Waals surface area contributed by atoms with Gasteiger partial charge in [0.15, 0.2) is 5.82 Å². The summed E-state index contributed by atoms with van der Waals surface area (Å²) in [4.78, 5) is 14.7. The maximum atomic E-state index is 11.8. The Morgan fingerprint density at radius 1 is 1.11 bits per heavy atom. The van der Waals surface area contributed by atoms with Crippen molar-refractivity contribution in [3.8, 4) is 11.3 Å². The maximum absolute atomic E-state index is 11.8. The first kappa shape index (κ1) is 11.3. The molecular weight excluding hydrogens is 240 g/mol. The summed E-state index contributed by atoms with van der Waals surface area (Å²) in [5, 5.41) is 9.69. The fourth-order valence-electron chi connectivity index (χ4n) is 1.81. The number of aromatic nitrogens is 3.